The Morgan fingerprint density at radius 2 is 1.68 bits per heavy atom. The number of ketones is 1. The summed E-state index contributed by atoms with van der Waals surface area (Å²) in [7, 11) is 0. The van der Waals surface area contributed by atoms with Crippen LogP contribution in [0, 0.1) is 5.82 Å². The van der Waals surface area contributed by atoms with Gasteiger partial charge in [-0.25, -0.2) is 9.37 Å². The van der Waals surface area contributed by atoms with Gasteiger partial charge in [0.25, 0.3) is 0 Å². The molecule has 0 amide bonds. The third kappa shape index (κ3) is 2.68. The van der Waals surface area contributed by atoms with Crippen LogP contribution in [-0.2, 0) is 0 Å². The second-order valence-corrected chi connectivity index (χ2v) is 6.57. The third-order valence-electron chi connectivity index (χ3n) is 3.99. The normalized spacial score (nSPS) is 10.9. The molecule has 5 heteroatoms. The summed E-state index contributed by atoms with van der Waals surface area (Å²) >= 11 is 1.23. The molecule has 0 bridgehead atoms. The Balaban J connectivity index is 1.83. The minimum absolute atomic E-state index is 0.131. The number of rotatable bonds is 3. The molecule has 0 aliphatic carbocycles. The Morgan fingerprint density at radius 1 is 0.960 bits per heavy atom. The number of benzene rings is 2. The van der Waals surface area contributed by atoms with E-state index in [4.69, 9.17) is 5.73 Å². The minimum atomic E-state index is -0.334. The molecule has 0 saturated heterocycles. The number of thiophene rings is 1. The van der Waals surface area contributed by atoms with Gasteiger partial charge in [-0.3, -0.25) is 4.79 Å². The van der Waals surface area contributed by atoms with Crippen molar-refractivity contribution in [3.8, 4) is 11.3 Å². The zero-order valence-electron chi connectivity index (χ0n) is 13.1. The summed E-state index contributed by atoms with van der Waals surface area (Å²) in [6.45, 7) is 0. The highest BCUT2D eigenvalue weighted by Gasteiger charge is 2.19. The van der Waals surface area contributed by atoms with E-state index >= 15 is 0 Å². The Kier molecular flexibility index (Phi) is 3.78. The van der Waals surface area contributed by atoms with Crippen molar-refractivity contribution in [1.82, 2.24) is 4.98 Å². The van der Waals surface area contributed by atoms with Gasteiger partial charge >= 0.3 is 0 Å². The van der Waals surface area contributed by atoms with Gasteiger partial charge in [0.2, 0.25) is 5.78 Å². The fraction of sp³-hybridized carbons (Fsp3) is 0. The molecule has 0 saturated carbocycles. The molecular formula is C20H13FN2OS. The molecule has 0 aliphatic heterocycles. The number of aromatic nitrogens is 1. The van der Waals surface area contributed by atoms with Gasteiger partial charge in [-0.2, -0.15) is 0 Å². The molecule has 0 unspecified atom stereocenters. The molecule has 2 heterocycles. The molecule has 0 spiro atoms. The second-order valence-electron chi connectivity index (χ2n) is 5.57. The number of carbonyl (C=O) groups excluding carboxylic acids is 1. The van der Waals surface area contributed by atoms with Crippen LogP contribution in [-0.4, -0.2) is 10.8 Å². The Labute approximate surface area is 147 Å². The predicted molar refractivity (Wildman–Crippen MR) is 99.3 cm³/mol. The van der Waals surface area contributed by atoms with Crippen molar-refractivity contribution in [2.45, 2.75) is 0 Å². The number of pyridine rings is 1. The fourth-order valence-electron chi connectivity index (χ4n) is 2.71. The lowest BCUT2D eigenvalue weighted by Gasteiger charge is -2.02. The van der Waals surface area contributed by atoms with Crippen molar-refractivity contribution in [2.24, 2.45) is 0 Å². The summed E-state index contributed by atoms with van der Waals surface area (Å²) in [6, 6.07) is 19.0. The lowest BCUT2D eigenvalue weighted by Crippen LogP contribution is -2.01. The van der Waals surface area contributed by atoms with E-state index in [1.54, 1.807) is 42.5 Å². The maximum Gasteiger partial charge on any atom is 0.205 e. The number of nitrogens with zero attached hydrogens (tertiary/aromatic N) is 1. The number of hydrogen-bond acceptors (Lipinski definition) is 4. The predicted octanol–water partition coefficient (Wildman–Crippen LogP) is 4.92. The van der Waals surface area contributed by atoms with E-state index in [-0.39, 0.29) is 11.6 Å². The fourth-order valence-corrected chi connectivity index (χ4v) is 3.76. The topological polar surface area (TPSA) is 56.0 Å². The number of nitrogen functional groups attached to an aromatic ring is 1. The third-order valence-corrected chi connectivity index (χ3v) is 5.10. The molecule has 4 aromatic rings. The quantitative estimate of drug-likeness (QED) is 0.535. The first-order valence-electron chi connectivity index (χ1n) is 7.69. The molecule has 25 heavy (non-hydrogen) atoms. The number of halogens is 1. The van der Waals surface area contributed by atoms with E-state index in [1.807, 2.05) is 18.2 Å². The smallest absolute Gasteiger partial charge is 0.205 e. The molecular weight excluding hydrogens is 335 g/mol. The first-order chi connectivity index (χ1) is 12.1. The molecule has 3 nitrogen and oxygen atoms in total. The van der Waals surface area contributed by atoms with Gasteiger partial charge in [0, 0.05) is 16.5 Å². The monoisotopic (exact) mass is 348 g/mol. The first-order valence-corrected chi connectivity index (χ1v) is 8.50. The highest BCUT2D eigenvalue weighted by molar-refractivity contribution is 7.21. The van der Waals surface area contributed by atoms with Crippen molar-refractivity contribution < 1.29 is 9.18 Å². The molecule has 2 aromatic heterocycles. The van der Waals surface area contributed by atoms with Gasteiger partial charge in [-0.15, -0.1) is 11.3 Å². The Morgan fingerprint density at radius 3 is 2.44 bits per heavy atom. The molecule has 0 atom stereocenters. The number of fused-ring (bicyclic) bond motifs is 1. The van der Waals surface area contributed by atoms with E-state index < -0.39 is 0 Å². The molecule has 122 valence electrons. The molecule has 0 radical (unpaired) electrons. The lowest BCUT2D eigenvalue weighted by atomic mass is 10.1. The average molecular weight is 348 g/mol. The summed E-state index contributed by atoms with van der Waals surface area (Å²) < 4.78 is 14.0. The number of carbonyl (C=O) groups is 1. The van der Waals surface area contributed by atoms with Crippen LogP contribution in [0.3, 0.4) is 0 Å². The van der Waals surface area contributed by atoms with Crippen LogP contribution in [0.15, 0.2) is 66.7 Å². The standard InChI is InChI=1S/C20H13FN2OS/c21-15-9-5-4-8-13(15)16-11-10-14-17(22)19(25-20(14)23-16)18(24)12-6-2-1-3-7-12/h1-11H,22H2. The lowest BCUT2D eigenvalue weighted by molar-refractivity contribution is 0.104. The van der Waals surface area contributed by atoms with Crippen molar-refractivity contribution >= 4 is 33.0 Å². The molecule has 0 fully saturated rings. The molecule has 4 rings (SSSR count). The maximum atomic E-state index is 14.0. The van der Waals surface area contributed by atoms with E-state index in [2.05, 4.69) is 4.98 Å². The molecule has 2 N–H and O–H groups in total. The second kappa shape index (κ2) is 6.11. The Bertz CT molecular complexity index is 1090. The van der Waals surface area contributed by atoms with E-state index in [0.717, 1.165) is 0 Å². The van der Waals surface area contributed by atoms with Gasteiger partial charge < -0.3 is 5.73 Å². The van der Waals surface area contributed by atoms with Gasteiger partial charge in [-0.05, 0) is 24.3 Å². The summed E-state index contributed by atoms with van der Waals surface area (Å²) in [5, 5.41) is 0.712. The number of anilines is 1. The molecule has 0 aliphatic rings. The van der Waals surface area contributed by atoms with Gasteiger partial charge in [0.15, 0.2) is 0 Å². The van der Waals surface area contributed by atoms with Crippen LogP contribution in [0.1, 0.15) is 15.2 Å². The van der Waals surface area contributed by atoms with E-state index in [9.17, 15) is 9.18 Å². The van der Waals surface area contributed by atoms with Crippen LogP contribution in [0.5, 0.6) is 0 Å². The van der Waals surface area contributed by atoms with E-state index in [0.29, 0.717) is 37.6 Å². The van der Waals surface area contributed by atoms with Crippen molar-refractivity contribution in [2.75, 3.05) is 5.73 Å². The zero-order valence-corrected chi connectivity index (χ0v) is 13.9. The van der Waals surface area contributed by atoms with Crippen molar-refractivity contribution in [3.05, 3.63) is 83.0 Å². The summed E-state index contributed by atoms with van der Waals surface area (Å²) in [6.07, 6.45) is 0. The SMILES string of the molecule is Nc1c(C(=O)c2ccccc2)sc2nc(-c3ccccc3F)ccc12. The van der Waals surface area contributed by atoms with Crippen LogP contribution >= 0.6 is 11.3 Å². The van der Waals surface area contributed by atoms with Gasteiger partial charge in [0.05, 0.1) is 11.4 Å². The van der Waals surface area contributed by atoms with Gasteiger partial charge in [0.1, 0.15) is 15.5 Å². The molecule has 2 aromatic carbocycles. The van der Waals surface area contributed by atoms with Crippen molar-refractivity contribution in [1.29, 1.82) is 0 Å². The summed E-state index contributed by atoms with van der Waals surface area (Å²) in [5.41, 5.74) is 8.11. The highest BCUT2D eigenvalue weighted by Crippen LogP contribution is 2.35. The Hall–Kier alpha value is -3.05. The minimum Gasteiger partial charge on any atom is -0.397 e. The number of hydrogen-bond donors (Lipinski definition) is 1. The largest absolute Gasteiger partial charge is 0.397 e. The van der Waals surface area contributed by atoms with E-state index in [1.165, 1.54) is 17.4 Å². The average Bonchev–Trinajstić information content (AvgIpc) is 2.98. The number of nitrogens with two attached hydrogens (primary N) is 1. The van der Waals surface area contributed by atoms with Gasteiger partial charge in [-0.1, -0.05) is 42.5 Å². The van der Waals surface area contributed by atoms with Crippen LogP contribution in [0.25, 0.3) is 21.5 Å². The van der Waals surface area contributed by atoms with Crippen molar-refractivity contribution in [3.63, 3.8) is 0 Å². The zero-order chi connectivity index (χ0) is 17.4. The maximum absolute atomic E-state index is 14.0. The summed E-state index contributed by atoms with van der Waals surface area (Å²) in [5.74, 6) is -0.465. The van der Waals surface area contributed by atoms with Crippen LogP contribution in [0.4, 0.5) is 10.1 Å². The first kappa shape index (κ1) is 15.5. The highest BCUT2D eigenvalue weighted by atomic mass is 32.1. The summed E-state index contributed by atoms with van der Waals surface area (Å²) in [4.78, 5) is 18.3. The van der Waals surface area contributed by atoms with Crippen LogP contribution < -0.4 is 5.73 Å². The van der Waals surface area contributed by atoms with Crippen LogP contribution in [0.2, 0.25) is 0 Å².